The maximum Gasteiger partial charge on any atom is 0.322 e. The summed E-state index contributed by atoms with van der Waals surface area (Å²) in [4.78, 5) is 21.9. The first kappa shape index (κ1) is 9.98. The van der Waals surface area contributed by atoms with Crippen LogP contribution in [0.4, 0.5) is 0 Å². The zero-order chi connectivity index (χ0) is 10.0. The van der Waals surface area contributed by atoms with Crippen LogP contribution in [0.25, 0.3) is 0 Å². The molecule has 5 nitrogen and oxygen atoms in total. The van der Waals surface area contributed by atoms with Gasteiger partial charge in [-0.1, -0.05) is 0 Å². The van der Waals surface area contributed by atoms with E-state index in [1.807, 2.05) is 0 Å². The maximum absolute atomic E-state index is 11.0. The molecule has 0 radical (unpaired) electrons. The summed E-state index contributed by atoms with van der Waals surface area (Å²) in [5.74, 6) is -1.11. The van der Waals surface area contributed by atoms with Crippen molar-refractivity contribution in [3.05, 3.63) is 0 Å². The molecule has 0 amide bonds. The van der Waals surface area contributed by atoms with E-state index in [0.717, 1.165) is 0 Å². The van der Waals surface area contributed by atoms with Gasteiger partial charge in [0.1, 0.15) is 6.04 Å². The molecule has 0 saturated heterocycles. The Morgan fingerprint density at radius 2 is 2.00 bits per heavy atom. The van der Waals surface area contributed by atoms with Gasteiger partial charge >= 0.3 is 11.9 Å². The second kappa shape index (κ2) is 3.74. The lowest BCUT2D eigenvalue weighted by molar-refractivity contribution is -0.144. The highest BCUT2D eigenvalue weighted by Gasteiger charge is 2.50. The summed E-state index contributed by atoms with van der Waals surface area (Å²) < 4.78 is 8.98. The quantitative estimate of drug-likeness (QED) is 0.591. The number of rotatable bonds is 3. The molecule has 0 aromatic heterocycles. The van der Waals surface area contributed by atoms with E-state index in [4.69, 9.17) is 5.73 Å². The van der Waals surface area contributed by atoms with Gasteiger partial charge in [0.05, 0.1) is 20.1 Å². The Labute approximate surface area is 76.2 Å². The van der Waals surface area contributed by atoms with Crippen LogP contribution in [-0.2, 0) is 19.1 Å². The molecule has 5 heteroatoms. The third-order valence-electron chi connectivity index (χ3n) is 2.28. The summed E-state index contributed by atoms with van der Waals surface area (Å²) in [7, 11) is 2.60. The van der Waals surface area contributed by atoms with Gasteiger partial charge in [-0.2, -0.15) is 0 Å². The van der Waals surface area contributed by atoms with E-state index in [1.165, 1.54) is 14.2 Å². The number of esters is 2. The van der Waals surface area contributed by atoms with E-state index in [1.54, 1.807) is 0 Å². The Hall–Kier alpha value is -1.10. The van der Waals surface area contributed by atoms with Crippen molar-refractivity contribution in [2.75, 3.05) is 14.2 Å². The van der Waals surface area contributed by atoms with Gasteiger partial charge in [0.2, 0.25) is 0 Å². The second-order valence-corrected chi connectivity index (χ2v) is 3.08. The number of hydrogen-bond donors (Lipinski definition) is 1. The number of methoxy groups -OCH3 is 2. The minimum Gasteiger partial charge on any atom is -0.469 e. The van der Waals surface area contributed by atoms with E-state index in [0.29, 0.717) is 6.42 Å². The Kier molecular flexibility index (Phi) is 2.87. The van der Waals surface area contributed by atoms with Crippen LogP contribution in [0.1, 0.15) is 6.42 Å². The molecule has 0 bridgehead atoms. The lowest BCUT2D eigenvalue weighted by atomic mass is 10.1. The van der Waals surface area contributed by atoms with E-state index in [-0.39, 0.29) is 17.8 Å². The summed E-state index contributed by atoms with van der Waals surface area (Å²) in [5, 5.41) is 0. The molecule has 1 unspecified atom stereocenters. The van der Waals surface area contributed by atoms with Crippen LogP contribution in [0.15, 0.2) is 0 Å². The first-order valence-electron chi connectivity index (χ1n) is 4.03. The normalized spacial score (nSPS) is 27.6. The van der Waals surface area contributed by atoms with Crippen molar-refractivity contribution in [2.45, 2.75) is 12.5 Å². The lowest BCUT2D eigenvalue weighted by Gasteiger charge is -2.07. The van der Waals surface area contributed by atoms with Crippen molar-refractivity contribution in [3.8, 4) is 0 Å². The minimum absolute atomic E-state index is 0.111. The fraction of sp³-hybridized carbons (Fsp3) is 0.750. The SMILES string of the molecule is COC(=O)C(N)[C@@H]1C[C@H]1C(=O)OC. The summed E-state index contributed by atoms with van der Waals surface area (Å²) in [6.07, 6.45) is 0.614. The molecule has 1 aliphatic rings. The molecular formula is C8H13NO4. The molecule has 13 heavy (non-hydrogen) atoms. The predicted octanol–water partition coefficient (Wildman–Crippen LogP) is -0.704. The fourth-order valence-electron chi connectivity index (χ4n) is 1.34. The molecule has 1 rings (SSSR count). The van der Waals surface area contributed by atoms with Crippen LogP contribution in [0.3, 0.4) is 0 Å². The molecule has 74 valence electrons. The molecule has 2 N–H and O–H groups in total. The summed E-state index contributed by atoms with van der Waals surface area (Å²) in [6.45, 7) is 0. The van der Waals surface area contributed by atoms with Crippen molar-refractivity contribution >= 4 is 11.9 Å². The van der Waals surface area contributed by atoms with Gasteiger partial charge in [0.15, 0.2) is 0 Å². The Bertz CT molecular complexity index is 228. The first-order valence-corrected chi connectivity index (χ1v) is 4.03. The van der Waals surface area contributed by atoms with Crippen molar-refractivity contribution in [1.82, 2.24) is 0 Å². The zero-order valence-electron chi connectivity index (χ0n) is 7.65. The number of nitrogens with two attached hydrogens (primary N) is 1. The topological polar surface area (TPSA) is 78.6 Å². The molecule has 3 atom stereocenters. The molecule has 0 aromatic carbocycles. The number of carbonyl (C=O) groups excluding carboxylic acids is 2. The van der Waals surface area contributed by atoms with Crippen LogP contribution >= 0.6 is 0 Å². The van der Waals surface area contributed by atoms with Crippen molar-refractivity contribution < 1.29 is 19.1 Å². The van der Waals surface area contributed by atoms with Gasteiger partial charge < -0.3 is 15.2 Å². The molecular weight excluding hydrogens is 174 g/mol. The molecule has 1 aliphatic carbocycles. The van der Waals surface area contributed by atoms with Crippen LogP contribution in [-0.4, -0.2) is 32.2 Å². The van der Waals surface area contributed by atoms with Crippen LogP contribution in [0.2, 0.25) is 0 Å². The Morgan fingerprint density at radius 3 is 2.46 bits per heavy atom. The average molecular weight is 187 g/mol. The molecule has 0 aliphatic heterocycles. The van der Waals surface area contributed by atoms with E-state index in [9.17, 15) is 9.59 Å². The highest BCUT2D eigenvalue weighted by atomic mass is 16.5. The highest BCUT2D eigenvalue weighted by Crippen LogP contribution is 2.41. The lowest BCUT2D eigenvalue weighted by Crippen LogP contribution is -2.34. The Morgan fingerprint density at radius 1 is 1.38 bits per heavy atom. The molecule has 0 aromatic rings. The van der Waals surface area contributed by atoms with E-state index < -0.39 is 12.0 Å². The third-order valence-corrected chi connectivity index (χ3v) is 2.28. The van der Waals surface area contributed by atoms with Gasteiger partial charge in [-0.25, -0.2) is 0 Å². The van der Waals surface area contributed by atoms with E-state index in [2.05, 4.69) is 9.47 Å². The van der Waals surface area contributed by atoms with Gasteiger partial charge in [0, 0.05) is 0 Å². The molecule has 0 heterocycles. The molecule has 1 saturated carbocycles. The standard InChI is InChI=1S/C8H13NO4/c1-12-7(10)5-3-4(5)6(9)8(11)13-2/h4-6H,3,9H2,1-2H3/t4-,5-,6?/m1/s1. The number of ether oxygens (including phenoxy) is 2. The highest BCUT2D eigenvalue weighted by molar-refractivity contribution is 5.81. The molecule has 0 spiro atoms. The average Bonchev–Trinajstić information content (AvgIpc) is 2.93. The summed E-state index contributed by atoms with van der Waals surface area (Å²) in [5.41, 5.74) is 5.53. The summed E-state index contributed by atoms with van der Waals surface area (Å²) in [6, 6.07) is -0.700. The molecule has 1 fully saturated rings. The monoisotopic (exact) mass is 187 g/mol. The first-order chi connectivity index (χ1) is 6.11. The smallest absolute Gasteiger partial charge is 0.322 e. The van der Waals surface area contributed by atoms with Crippen molar-refractivity contribution in [2.24, 2.45) is 17.6 Å². The Balaban J connectivity index is 2.42. The van der Waals surface area contributed by atoms with Crippen LogP contribution in [0.5, 0.6) is 0 Å². The minimum atomic E-state index is -0.700. The largest absolute Gasteiger partial charge is 0.469 e. The van der Waals surface area contributed by atoms with Crippen LogP contribution < -0.4 is 5.73 Å². The third kappa shape index (κ3) is 1.98. The maximum atomic E-state index is 11.0. The van der Waals surface area contributed by atoms with Crippen molar-refractivity contribution in [3.63, 3.8) is 0 Å². The van der Waals surface area contributed by atoms with Crippen LogP contribution in [0, 0.1) is 11.8 Å². The van der Waals surface area contributed by atoms with Gasteiger partial charge in [0.25, 0.3) is 0 Å². The van der Waals surface area contributed by atoms with Gasteiger partial charge in [-0.05, 0) is 12.3 Å². The zero-order valence-corrected chi connectivity index (χ0v) is 7.65. The van der Waals surface area contributed by atoms with E-state index >= 15 is 0 Å². The number of hydrogen-bond acceptors (Lipinski definition) is 5. The number of carbonyl (C=O) groups is 2. The fourth-order valence-corrected chi connectivity index (χ4v) is 1.34. The van der Waals surface area contributed by atoms with Gasteiger partial charge in [-0.15, -0.1) is 0 Å². The van der Waals surface area contributed by atoms with Gasteiger partial charge in [-0.3, -0.25) is 9.59 Å². The summed E-state index contributed by atoms with van der Waals surface area (Å²) >= 11 is 0. The predicted molar refractivity (Wildman–Crippen MR) is 43.6 cm³/mol. The van der Waals surface area contributed by atoms with Crippen molar-refractivity contribution in [1.29, 1.82) is 0 Å². The second-order valence-electron chi connectivity index (χ2n) is 3.08.